The number of piperazine rings is 1. The number of halogens is 3. The third kappa shape index (κ3) is 3.82. The molecule has 0 atom stereocenters. The number of nitro groups is 1. The van der Waals surface area contributed by atoms with Gasteiger partial charge in [-0.3, -0.25) is 19.7 Å². The van der Waals surface area contributed by atoms with Gasteiger partial charge in [-0.2, -0.15) is 13.2 Å². The van der Waals surface area contributed by atoms with Gasteiger partial charge in [0.05, 0.1) is 17.2 Å². The lowest BCUT2D eigenvalue weighted by Crippen LogP contribution is -2.50. The molecule has 2 amide bonds. The van der Waals surface area contributed by atoms with E-state index in [1.165, 1.54) is 28.0 Å². The minimum absolute atomic E-state index is 0.0273. The molecule has 0 saturated carbocycles. The smallest absolute Gasteiger partial charge is 0.395 e. The Morgan fingerprint density at radius 1 is 0.964 bits per heavy atom. The monoisotopic (exact) mass is 397 g/mol. The highest BCUT2D eigenvalue weighted by molar-refractivity contribution is 5.96. The molecule has 1 aliphatic rings. The molecular weight excluding hydrogens is 383 g/mol. The SMILES string of the molecule is O=C(c1ccc([N+](=O)[O-])o1)N1CCN(C(=O)c2ccccc2C(F)(F)F)CC1. The van der Waals surface area contributed by atoms with Crippen molar-refractivity contribution in [3.63, 3.8) is 0 Å². The number of carbonyl (C=O) groups is 2. The summed E-state index contributed by atoms with van der Waals surface area (Å²) < 4.78 is 44.2. The van der Waals surface area contributed by atoms with Crippen LogP contribution < -0.4 is 0 Å². The van der Waals surface area contributed by atoms with E-state index < -0.39 is 39.9 Å². The van der Waals surface area contributed by atoms with Crippen LogP contribution in [0.2, 0.25) is 0 Å². The van der Waals surface area contributed by atoms with Crippen LogP contribution in [-0.2, 0) is 6.18 Å². The van der Waals surface area contributed by atoms with Crippen molar-refractivity contribution in [2.24, 2.45) is 0 Å². The second-order valence-electron chi connectivity index (χ2n) is 6.02. The second kappa shape index (κ2) is 7.33. The summed E-state index contributed by atoms with van der Waals surface area (Å²) in [6.45, 7) is 0.180. The highest BCUT2D eigenvalue weighted by Gasteiger charge is 2.36. The topological polar surface area (TPSA) is 96.9 Å². The van der Waals surface area contributed by atoms with Crippen molar-refractivity contribution >= 4 is 17.7 Å². The number of hydrogen-bond donors (Lipinski definition) is 0. The number of benzene rings is 1. The molecular formula is C17H14F3N3O5. The molecule has 1 aromatic heterocycles. The molecule has 0 spiro atoms. The van der Waals surface area contributed by atoms with Crippen LogP contribution in [0.25, 0.3) is 0 Å². The average Bonchev–Trinajstić information content (AvgIpc) is 3.17. The Balaban J connectivity index is 1.68. The van der Waals surface area contributed by atoms with Gasteiger partial charge in [-0.05, 0) is 18.2 Å². The first-order valence-electron chi connectivity index (χ1n) is 8.17. The van der Waals surface area contributed by atoms with Gasteiger partial charge in [-0.1, -0.05) is 12.1 Å². The minimum Gasteiger partial charge on any atom is -0.395 e. The van der Waals surface area contributed by atoms with E-state index in [1.54, 1.807) is 0 Å². The molecule has 8 nitrogen and oxygen atoms in total. The van der Waals surface area contributed by atoms with Gasteiger partial charge in [-0.25, -0.2) is 0 Å². The van der Waals surface area contributed by atoms with Gasteiger partial charge >= 0.3 is 12.1 Å². The lowest BCUT2D eigenvalue weighted by atomic mass is 10.1. The molecule has 11 heteroatoms. The van der Waals surface area contributed by atoms with Gasteiger partial charge in [0.25, 0.3) is 11.8 Å². The van der Waals surface area contributed by atoms with E-state index in [0.29, 0.717) is 0 Å². The quantitative estimate of drug-likeness (QED) is 0.586. The van der Waals surface area contributed by atoms with Crippen molar-refractivity contribution in [3.05, 3.63) is 63.4 Å². The molecule has 1 fully saturated rings. The third-order valence-corrected chi connectivity index (χ3v) is 4.30. The fraction of sp³-hybridized carbons (Fsp3) is 0.294. The molecule has 0 radical (unpaired) electrons. The molecule has 3 rings (SSSR count). The molecule has 148 valence electrons. The van der Waals surface area contributed by atoms with Crippen molar-refractivity contribution in [1.29, 1.82) is 0 Å². The lowest BCUT2D eigenvalue weighted by Gasteiger charge is -2.34. The van der Waals surface area contributed by atoms with Crippen molar-refractivity contribution < 1.29 is 32.1 Å². The largest absolute Gasteiger partial charge is 0.433 e. The van der Waals surface area contributed by atoms with E-state index >= 15 is 0 Å². The highest BCUT2D eigenvalue weighted by Crippen LogP contribution is 2.32. The number of amides is 2. The minimum atomic E-state index is -4.65. The van der Waals surface area contributed by atoms with Gasteiger partial charge < -0.3 is 14.2 Å². The van der Waals surface area contributed by atoms with Crippen LogP contribution in [0.15, 0.2) is 40.8 Å². The van der Waals surface area contributed by atoms with Crippen LogP contribution in [0.1, 0.15) is 26.5 Å². The summed E-state index contributed by atoms with van der Waals surface area (Å²) in [7, 11) is 0. The third-order valence-electron chi connectivity index (χ3n) is 4.30. The summed E-state index contributed by atoms with van der Waals surface area (Å²) in [5.74, 6) is -2.14. The Morgan fingerprint density at radius 3 is 2.07 bits per heavy atom. The van der Waals surface area contributed by atoms with Crippen LogP contribution in [0, 0.1) is 10.1 Å². The van der Waals surface area contributed by atoms with Gasteiger partial charge in [0.15, 0.2) is 5.76 Å². The predicted octanol–water partition coefficient (Wildman–Crippen LogP) is 2.80. The zero-order valence-electron chi connectivity index (χ0n) is 14.3. The van der Waals surface area contributed by atoms with Crippen LogP contribution in [0.3, 0.4) is 0 Å². The van der Waals surface area contributed by atoms with Gasteiger partial charge in [0.1, 0.15) is 4.92 Å². The van der Waals surface area contributed by atoms with Crippen LogP contribution in [0.4, 0.5) is 19.1 Å². The predicted molar refractivity (Wildman–Crippen MR) is 88.6 cm³/mol. The number of carbonyl (C=O) groups excluding carboxylic acids is 2. The summed E-state index contributed by atoms with van der Waals surface area (Å²) in [6, 6.07) is 6.75. The second-order valence-corrected chi connectivity index (χ2v) is 6.02. The summed E-state index contributed by atoms with van der Waals surface area (Å²) in [5, 5.41) is 10.6. The molecule has 1 aliphatic heterocycles. The standard InChI is InChI=1S/C17H14F3N3O5/c18-17(19,20)12-4-2-1-3-11(12)15(24)21-7-9-22(10-8-21)16(25)13-5-6-14(28-13)23(26)27/h1-6H,7-10H2. The Labute approximate surface area is 156 Å². The lowest BCUT2D eigenvalue weighted by molar-refractivity contribution is -0.402. The molecule has 0 aliphatic carbocycles. The summed E-state index contributed by atoms with van der Waals surface area (Å²) in [5.41, 5.74) is -1.46. The summed E-state index contributed by atoms with van der Waals surface area (Å²) >= 11 is 0. The van der Waals surface area contributed by atoms with Crippen LogP contribution in [0.5, 0.6) is 0 Å². The number of nitrogens with zero attached hydrogens (tertiary/aromatic N) is 3. The Hall–Kier alpha value is -3.37. The molecule has 2 aromatic rings. The summed E-state index contributed by atoms with van der Waals surface area (Å²) in [4.78, 5) is 37.3. The fourth-order valence-electron chi connectivity index (χ4n) is 2.90. The zero-order valence-corrected chi connectivity index (χ0v) is 14.3. The van der Waals surface area contributed by atoms with Gasteiger partial charge in [0, 0.05) is 26.2 Å². The Morgan fingerprint density at radius 2 is 1.54 bits per heavy atom. The van der Waals surface area contributed by atoms with E-state index in [-0.39, 0.29) is 31.9 Å². The van der Waals surface area contributed by atoms with E-state index in [2.05, 4.69) is 0 Å². The molecule has 1 saturated heterocycles. The van der Waals surface area contributed by atoms with Crippen molar-refractivity contribution in [1.82, 2.24) is 9.80 Å². The first-order valence-corrected chi connectivity index (χ1v) is 8.17. The first kappa shape index (κ1) is 19.4. The number of hydrogen-bond acceptors (Lipinski definition) is 5. The van der Waals surface area contributed by atoms with E-state index in [4.69, 9.17) is 4.42 Å². The first-order chi connectivity index (χ1) is 13.2. The van der Waals surface area contributed by atoms with E-state index in [1.807, 2.05) is 0 Å². The zero-order chi connectivity index (χ0) is 20.5. The maximum absolute atomic E-state index is 13.1. The van der Waals surface area contributed by atoms with Crippen molar-refractivity contribution in [2.75, 3.05) is 26.2 Å². The van der Waals surface area contributed by atoms with E-state index in [0.717, 1.165) is 18.2 Å². The molecule has 0 bridgehead atoms. The Kier molecular flexibility index (Phi) is 5.08. The van der Waals surface area contributed by atoms with Crippen LogP contribution in [-0.4, -0.2) is 52.7 Å². The van der Waals surface area contributed by atoms with Crippen molar-refractivity contribution in [2.45, 2.75) is 6.18 Å². The van der Waals surface area contributed by atoms with Gasteiger partial charge in [-0.15, -0.1) is 0 Å². The maximum Gasteiger partial charge on any atom is 0.433 e. The molecule has 0 N–H and O–H groups in total. The normalized spacial score (nSPS) is 14.8. The highest BCUT2D eigenvalue weighted by atomic mass is 19.4. The molecule has 2 heterocycles. The van der Waals surface area contributed by atoms with E-state index in [9.17, 15) is 32.9 Å². The molecule has 0 unspecified atom stereocenters. The maximum atomic E-state index is 13.1. The number of rotatable bonds is 3. The Bertz CT molecular complexity index is 917. The fourth-order valence-corrected chi connectivity index (χ4v) is 2.90. The average molecular weight is 397 g/mol. The molecule has 1 aromatic carbocycles. The van der Waals surface area contributed by atoms with Gasteiger partial charge in [0.2, 0.25) is 0 Å². The summed E-state index contributed by atoms with van der Waals surface area (Å²) in [6.07, 6.45) is -4.65. The van der Waals surface area contributed by atoms with Crippen molar-refractivity contribution in [3.8, 4) is 0 Å². The number of furan rings is 1. The molecule has 28 heavy (non-hydrogen) atoms. The van der Waals surface area contributed by atoms with Crippen LogP contribution >= 0.6 is 0 Å². The number of alkyl halides is 3.